The molecule has 0 spiro atoms. The minimum atomic E-state index is -4.50. The molecule has 0 unspecified atom stereocenters. The van der Waals surface area contributed by atoms with Crippen molar-refractivity contribution in [3.8, 4) is 11.5 Å². The fourth-order valence-electron chi connectivity index (χ4n) is 1.62. The summed E-state index contributed by atoms with van der Waals surface area (Å²) in [6.07, 6.45) is -4.50. The SMILES string of the molecule is O=C(O)c1cc(Oc2ccc(C(F)(F)F)cc2Cl)ccc1Br. The number of rotatable bonds is 3. The summed E-state index contributed by atoms with van der Waals surface area (Å²) in [5.74, 6) is -1.04. The predicted octanol–water partition coefficient (Wildman–Crippen LogP) is 5.61. The van der Waals surface area contributed by atoms with Crippen molar-refractivity contribution in [3.05, 3.63) is 57.0 Å². The van der Waals surface area contributed by atoms with E-state index in [4.69, 9.17) is 21.4 Å². The Kier molecular flexibility index (Phi) is 4.67. The Morgan fingerprint density at radius 3 is 2.41 bits per heavy atom. The van der Waals surface area contributed by atoms with Gasteiger partial charge < -0.3 is 9.84 Å². The lowest BCUT2D eigenvalue weighted by atomic mass is 10.2. The third-order valence-corrected chi connectivity index (χ3v) is 3.64. The number of aromatic carboxylic acids is 1. The Hall–Kier alpha value is -1.73. The molecule has 3 nitrogen and oxygen atoms in total. The molecule has 0 saturated heterocycles. The van der Waals surface area contributed by atoms with Gasteiger partial charge >= 0.3 is 12.1 Å². The molecule has 22 heavy (non-hydrogen) atoms. The Balaban J connectivity index is 2.32. The van der Waals surface area contributed by atoms with E-state index >= 15 is 0 Å². The van der Waals surface area contributed by atoms with Gasteiger partial charge in [0, 0.05) is 4.47 Å². The van der Waals surface area contributed by atoms with E-state index in [-0.39, 0.29) is 22.1 Å². The Morgan fingerprint density at radius 1 is 1.18 bits per heavy atom. The zero-order valence-corrected chi connectivity index (χ0v) is 13.0. The first-order valence-corrected chi connectivity index (χ1v) is 6.93. The van der Waals surface area contributed by atoms with E-state index in [2.05, 4.69) is 15.9 Å². The number of alkyl halides is 3. The molecule has 116 valence electrons. The molecular weight excluding hydrogens is 389 g/mol. The fourth-order valence-corrected chi connectivity index (χ4v) is 2.25. The lowest BCUT2D eigenvalue weighted by Gasteiger charge is -2.11. The van der Waals surface area contributed by atoms with Crippen LogP contribution in [0.5, 0.6) is 11.5 Å². The van der Waals surface area contributed by atoms with Gasteiger partial charge in [-0.3, -0.25) is 0 Å². The summed E-state index contributed by atoms with van der Waals surface area (Å²) in [6, 6.07) is 6.81. The molecule has 0 amide bonds. The number of hydrogen-bond acceptors (Lipinski definition) is 2. The fraction of sp³-hybridized carbons (Fsp3) is 0.0714. The number of benzene rings is 2. The molecule has 0 atom stereocenters. The van der Waals surface area contributed by atoms with Crippen LogP contribution < -0.4 is 4.74 Å². The largest absolute Gasteiger partial charge is 0.478 e. The van der Waals surface area contributed by atoms with Crippen LogP contribution in [-0.4, -0.2) is 11.1 Å². The van der Waals surface area contributed by atoms with Crippen LogP contribution in [0.3, 0.4) is 0 Å². The number of ether oxygens (including phenoxy) is 1. The molecule has 0 aliphatic carbocycles. The van der Waals surface area contributed by atoms with Crippen molar-refractivity contribution in [2.24, 2.45) is 0 Å². The first kappa shape index (κ1) is 16.6. The summed E-state index contributed by atoms with van der Waals surface area (Å²) in [6.45, 7) is 0. The summed E-state index contributed by atoms with van der Waals surface area (Å²) < 4.78 is 43.3. The summed E-state index contributed by atoms with van der Waals surface area (Å²) in [5.41, 5.74) is -0.938. The van der Waals surface area contributed by atoms with E-state index < -0.39 is 17.7 Å². The molecule has 2 rings (SSSR count). The van der Waals surface area contributed by atoms with Crippen molar-refractivity contribution >= 4 is 33.5 Å². The molecule has 8 heteroatoms. The highest BCUT2D eigenvalue weighted by Crippen LogP contribution is 2.36. The van der Waals surface area contributed by atoms with Crippen molar-refractivity contribution in [1.29, 1.82) is 0 Å². The lowest BCUT2D eigenvalue weighted by molar-refractivity contribution is -0.137. The second-order valence-corrected chi connectivity index (χ2v) is 5.45. The minimum absolute atomic E-state index is 0.00618. The van der Waals surface area contributed by atoms with E-state index in [9.17, 15) is 18.0 Å². The van der Waals surface area contributed by atoms with E-state index in [1.165, 1.54) is 18.2 Å². The monoisotopic (exact) mass is 394 g/mol. The van der Waals surface area contributed by atoms with Crippen LogP contribution in [0.2, 0.25) is 5.02 Å². The number of halogens is 5. The van der Waals surface area contributed by atoms with Crippen molar-refractivity contribution in [2.45, 2.75) is 6.18 Å². The number of carboxylic acids is 1. The molecule has 0 bridgehead atoms. The van der Waals surface area contributed by atoms with Crippen LogP contribution in [0.1, 0.15) is 15.9 Å². The number of hydrogen-bond donors (Lipinski definition) is 1. The van der Waals surface area contributed by atoms with Crippen molar-refractivity contribution in [1.82, 2.24) is 0 Å². The first-order valence-electron chi connectivity index (χ1n) is 5.76. The van der Waals surface area contributed by atoms with Gasteiger partial charge in [-0.15, -0.1) is 0 Å². The average Bonchev–Trinajstić information content (AvgIpc) is 2.41. The molecule has 0 aliphatic heterocycles. The van der Waals surface area contributed by atoms with E-state index in [0.29, 0.717) is 4.47 Å². The third kappa shape index (κ3) is 3.72. The maximum absolute atomic E-state index is 12.5. The molecule has 0 radical (unpaired) electrons. The number of carbonyl (C=O) groups is 1. The highest BCUT2D eigenvalue weighted by molar-refractivity contribution is 9.10. The zero-order valence-electron chi connectivity index (χ0n) is 10.6. The molecule has 1 N–H and O–H groups in total. The van der Waals surface area contributed by atoms with Crippen LogP contribution >= 0.6 is 27.5 Å². The molecule has 0 aromatic heterocycles. The molecular formula is C14H7BrClF3O3. The highest BCUT2D eigenvalue weighted by Gasteiger charge is 2.31. The minimum Gasteiger partial charge on any atom is -0.478 e. The van der Waals surface area contributed by atoms with Gasteiger partial charge in [-0.2, -0.15) is 13.2 Å². The quantitative estimate of drug-likeness (QED) is 0.734. The van der Waals surface area contributed by atoms with Crippen molar-refractivity contribution in [2.75, 3.05) is 0 Å². The maximum Gasteiger partial charge on any atom is 0.416 e. The Morgan fingerprint density at radius 2 is 1.86 bits per heavy atom. The van der Waals surface area contributed by atoms with E-state index in [1.54, 1.807) is 0 Å². The molecule has 2 aromatic carbocycles. The highest BCUT2D eigenvalue weighted by atomic mass is 79.9. The average molecular weight is 396 g/mol. The van der Waals surface area contributed by atoms with Gasteiger partial charge in [0.05, 0.1) is 16.1 Å². The van der Waals surface area contributed by atoms with Crippen LogP contribution in [0.4, 0.5) is 13.2 Å². The Labute approximate surface area is 136 Å². The van der Waals surface area contributed by atoms with Crippen molar-refractivity contribution in [3.63, 3.8) is 0 Å². The normalized spacial score (nSPS) is 11.3. The molecule has 0 heterocycles. The van der Waals surface area contributed by atoms with Crippen LogP contribution in [0, 0.1) is 0 Å². The second kappa shape index (κ2) is 6.18. The standard InChI is InChI=1S/C14H7BrClF3O3/c15-10-3-2-8(6-9(10)13(20)21)22-12-4-1-7(5-11(12)16)14(17,18)19/h1-6H,(H,20,21). The maximum atomic E-state index is 12.5. The zero-order chi connectivity index (χ0) is 16.5. The Bertz CT molecular complexity index is 732. The number of carboxylic acid groups (broad SMARTS) is 1. The van der Waals surface area contributed by atoms with Crippen LogP contribution in [0.25, 0.3) is 0 Å². The van der Waals surface area contributed by atoms with Gasteiger partial charge in [-0.1, -0.05) is 11.6 Å². The van der Waals surface area contributed by atoms with Crippen LogP contribution in [0.15, 0.2) is 40.9 Å². The smallest absolute Gasteiger partial charge is 0.416 e. The van der Waals surface area contributed by atoms with Gasteiger partial charge in [0.1, 0.15) is 11.5 Å². The van der Waals surface area contributed by atoms with Gasteiger partial charge in [0.15, 0.2) is 0 Å². The summed E-state index contributed by atoms with van der Waals surface area (Å²) in [5, 5.41) is 8.77. The predicted molar refractivity (Wildman–Crippen MR) is 77.6 cm³/mol. The molecule has 0 aliphatic rings. The third-order valence-electron chi connectivity index (χ3n) is 2.66. The summed E-state index contributed by atoms with van der Waals surface area (Å²) >= 11 is 8.84. The van der Waals surface area contributed by atoms with Gasteiger partial charge in [-0.05, 0) is 52.3 Å². The molecule has 2 aromatic rings. The first-order chi connectivity index (χ1) is 10.2. The molecule has 0 fully saturated rings. The van der Waals surface area contributed by atoms with Gasteiger partial charge in [0.2, 0.25) is 0 Å². The van der Waals surface area contributed by atoms with E-state index in [0.717, 1.165) is 18.2 Å². The van der Waals surface area contributed by atoms with Gasteiger partial charge in [0.25, 0.3) is 0 Å². The summed E-state index contributed by atoms with van der Waals surface area (Å²) in [7, 11) is 0. The van der Waals surface area contributed by atoms with E-state index in [1.807, 2.05) is 0 Å². The van der Waals surface area contributed by atoms with Crippen molar-refractivity contribution < 1.29 is 27.8 Å². The second-order valence-electron chi connectivity index (χ2n) is 4.19. The molecule has 0 saturated carbocycles. The van der Waals surface area contributed by atoms with Gasteiger partial charge in [-0.25, -0.2) is 4.79 Å². The summed E-state index contributed by atoms with van der Waals surface area (Å²) in [4.78, 5) is 11.0. The topological polar surface area (TPSA) is 46.5 Å². The lowest BCUT2D eigenvalue weighted by Crippen LogP contribution is -2.04. The van der Waals surface area contributed by atoms with Crippen LogP contribution in [-0.2, 0) is 6.18 Å².